The van der Waals surface area contributed by atoms with Gasteiger partial charge in [-0.05, 0) is 6.92 Å². The highest BCUT2D eigenvalue weighted by molar-refractivity contribution is 8.05. The largest absolute Gasteiger partial charge is 0.416 e. The number of carbonyl (C=O) groups is 1. The van der Waals surface area contributed by atoms with Crippen molar-refractivity contribution in [3.8, 4) is 0 Å². The minimum absolute atomic E-state index is 0.308. The Bertz CT molecular complexity index is 344. The second-order valence-electron chi connectivity index (χ2n) is 2.46. The van der Waals surface area contributed by atoms with Crippen molar-refractivity contribution in [2.75, 3.05) is 6.26 Å². The Morgan fingerprint density at radius 2 is 1.85 bits per heavy atom. The van der Waals surface area contributed by atoms with Gasteiger partial charge in [-0.2, -0.15) is 0 Å². The van der Waals surface area contributed by atoms with E-state index in [0.29, 0.717) is 0 Å². The van der Waals surface area contributed by atoms with Gasteiger partial charge in [0.2, 0.25) is 9.84 Å². The molecule has 13 heavy (non-hydrogen) atoms. The van der Waals surface area contributed by atoms with Crippen LogP contribution in [0.4, 0.5) is 0 Å². The van der Waals surface area contributed by atoms with Gasteiger partial charge in [-0.15, -0.1) is 0 Å². The van der Waals surface area contributed by atoms with Crippen LogP contribution in [0, 0.1) is 10.8 Å². The van der Waals surface area contributed by atoms with E-state index in [1.807, 2.05) is 0 Å². The number of carbonyl (C=O) groups excluding carboxylic acids is 1. The minimum atomic E-state index is -3.72. The molecule has 7 heteroatoms. The number of hydrogen-bond donors (Lipinski definition) is 2. The smallest absolute Gasteiger partial charge is 0.308 e. The number of Topliss-reactive ketones (excluding diaryl/α,β-unsaturated/α-hetero) is 1. The van der Waals surface area contributed by atoms with Crippen molar-refractivity contribution in [3.63, 3.8) is 0 Å². The Morgan fingerprint density at radius 1 is 1.38 bits per heavy atom. The average molecular weight is 206 g/mol. The Balaban J connectivity index is 4.25. The third kappa shape index (κ3) is 5.07. The monoisotopic (exact) mass is 206 g/mol. The molecule has 0 bridgehead atoms. The Labute approximate surface area is 75.8 Å². The fourth-order valence-electron chi connectivity index (χ4n) is 0.450. The molecule has 0 aromatic heterocycles. The van der Waals surface area contributed by atoms with Crippen LogP contribution in [0.1, 0.15) is 13.3 Å². The van der Waals surface area contributed by atoms with Gasteiger partial charge in [-0.25, -0.2) is 8.42 Å². The Morgan fingerprint density at radius 3 is 2.15 bits per heavy atom. The lowest BCUT2D eigenvalue weighted by atomic mass is 10.3. The van der Waals surface area contributed by atoms with Gasteiger partial charge in [0, 0.05) is 6.26 Å². The zero-order valence-corrected chi connectivity index (χ0v) is 8.06. The molecule has 0 aromatic rings. The molecule has 0 aliphatic carbocycles. The van der Waals surface area contributed by atoms with E-state index in [9.17, 15) is 13.2 Å². The molecule has 74 valence electrons. The van der Waals surface area contributed by atoms with Crippen LogP contribution in [-0.2, 0) is 19.4 Å². The van der Waals surface area contributed by atoms with Gasteiger partial charge in [0.1, 0.15) is 5.78 Å². The van der Waals surface area contributed by atoms with Crippen molar-refractivity contribution in [1.29, 1.82) is 10.8 Å². The SMILES string of the molecule is CC(=O)CC(=N)OC(=N)S(C)(=O)=O. The zero-order valence-electron chi connectivity index (χ0n) is 7.25. The summed E-state index contributed by atoms with van der Waals surface area (Å²) in [6, 6.07) is 0. The van der Waals surface area contributed by atoms with E-state index in [2.05, 4.69) is 4.74 Å². The second-order valence-corrected chi connectivity index (χ2v) is 4.38. The van der Waals surface area contributed by atoms with Crippen LogP contribution < -0.4 is 0 Å². The summed E-state index contributed by atoms with van der Waals surface area (Å²) in [5.41, 5.74) is 0. The number of nitrogens with one attached hydrogen (secondary N) is 2. The van der Waals surface area contributed by atoms with E-state index in [1.165, 1.54) is 6.92 Å². The van der Waals surface area contributed by atoms with Crippen molar-refractivity contribution in [2.45, 2.75) is 13.3 Å². The van der Waals surface area contributed by atoms with Crippen molar-refractivity contribution < 1.29 is 17.9 Å². The first-order valence-electron chi connectivity index (χ1n) is 3.27. The first kappa shape index (κ1) is 11.8. The molecule has 0 radical (unpaired) electrons. The summed E-state index contributed by atoms with van der Waals surface area (Å²) in [5, 5.41) is 12.8. The molecule has 0 rings (SSSR count). The molecular formula is C6H10N2O4S. The molecule has 6 nitrogen and oxygen atoms in total. The molecule has 0 amide bonds. The van der Waals surface area contributed by atoms with Gasteiger partial charge in [-0.3, -0.25) is 15.6 Å². The van der Waals surface area contributed by atoms with Crippen LogP contribution in [0.5, 0.6) is 0 Å². The standard InChI is InChI=1S/C6H10N2O4S/c1-4(9)3-5(7)12-6(8)13(2,10)11/h7-8H,3H2,1-2H3. The van der Waals surface area contributed by atoms with Crippen molar-refractivity contribution in [3.05, 3.63) is 0 Å². The first-order valence-corrected chi connectivity index (χ1v) is 5.16. The van der Waals surface area contributed by atoms with Crippen LogP contribution in [0.25, 0.3) is 0 Å². The number of rotatable bonds is 2. The van der Waals surface area contributed by atoms with E-state index in [4.69, 9.17) is 10.8 Å². The normalized spacial score (nSPS) is 10.6. The molecule has 2 N–H and O–H groups in total. The maximum absolute atomic E-state index is 10.6. The average Bonchev–Trinajstić information content (AvgIpc) is 1.82. The summed E-state index contributed by atoms with van der Waals surface area (Å²) in [7, 11) is -3.72. The fraction of sp³-hybridized carbons (Fsp3) is 0.500. The lowest BCUT2D eigenvalue weighted by Gasteiger charge is -2.03. The van der Waals surface area contributed by atoms with Crippen molar-refractivity contribution in [2.24, 2.45) is 0 Å². The summed E-state index contributed by atoms with van der Waals surface area (Å²) in [5.74, 6) is -0.866. The summed E-state index contributed by atoms with van der Waals surface area (Å²) < 4.78 is 25.5. The molecule has 0 unspecified atom stereocenters. The van der Waals surface area contributed by atoms with E-state index < -0.39 is 21.0 Å². The zero-order chi connectivity index (χ0) is 10.6. The maximum atomic E-state index is 10.6. The Hall–Kier alpha value is -1.24. The number of hydrogen-bond acceptors (Lipinski definition) is 6. The van der Waals surface area contributed by atoms with Crippen molar-refractivity contribution >= 4 is 26.7 Å². The highest BCUT2D eigenvalue weighted by atomic mass is 32.2. The summed E-state index contributed by atoms with van der Waals surface area (Å²) >= 11 is 0. The molecular weight excluding hydrogens is 196 g/mol. The van der Waals surface area contributed by atoms with Crippen LogP contribution in [0.15, 0.2) is 0 Å². The highest BCUT2D eigenvalue weighted by Crippen LogP contribution is 1.94. The predicted octanol–water partition coefficient (Wildman–Crippen LogP) is -0.0613. The molecule has 0 heterocycles. The van der Waals surface area contributed by atoms with E-state index in [0.717, 1.165) is 6.26 Å². The van der Waals surface area contributed by atoms with Crippen LogP contribution in [0.3, 0.4) is 0 Å². The van der Waals surface area contributed by atoms with E-state index >= 15 is 0 Å². The third-order valence-corrected chi connectivity index (χ3v) is 1.72. The van der Waals surface area contributed by atoms with Crippen molar-refractivity contribution in [1.82, 2.24) is 0 Å². The lowest BCUT2D eigenvalue weighted by Crippen LogP contribution is -2.20. The highest BCUT2D eigenvalue weighted by Gasteiger charge is 2.15. The summed E-state index contributed by atoms with van der Waals surface area (Å²) in [4.78, 5) is 10.4. The van der Waals surface area contributed by atoms with E-state index in [-0.39, 0.29) is 12.2 Å². The fourth-order valence-corrected chi connectivity index (χ4v) is 0.702. The molecule has 0 saturated carbocycles. The Kier molecular flexibility index (Phi) is 3.73. The lowest BCUT2D eigenvalue weighted by molar-refractivity contribution is -0.116. The molecule has 0 aliphatic heterocycles. The molecule has 0 atom stereocenters. The van der Waals surface area contributed by atoms with Gasteiger partial charge in [0.15, 0.2) is 5.90 Å². The summed E-state index contributed by atoms with van der Waals surface area (Å²) in [6.45, 7) is 1.24. The third-order valence-electron chi connectivity index (χ3n) is 0.962. The van der Waals surface area contributed by atoms with E-state index in [1.54, 1.807) is 0 Å². The second kappa shape index (κ2) is 4.13. The van der Waals surface area contributed by atoms with Gasteiger partial charge >= 0.3 is 5.23 Å². The molecule has 0 fully saturated rings. The van der Waals surface area contributed by atoms with Gasteiger partial charge in [0.05, 0.1) is 6.42 Å². The van der Waals surface area contributed by atoms with Gasteiger partial charge < -0.3 is 4.74 Å². The number of ether oxygens (including phenoxy) is 1. The molecule has 0 spiro atoms. The number of sulfone groups is 1. The predicted molar refractivity (Wildman–Crippen MR) is 46.7 cm³/mol. The van der Waals surface area contributed by atoms with Crippen LogP contribution in [0.2, 0.25) is 0 Å². The first-order chi connectivity index (χ1) is 5.73. The van der Waals surface area contributed by atoms with Gasteiger partial charge in [-0.1, -0.05) is 0 Å². The van der Waals surface area contributed by atoms with Crippen LogP contribution in [-0.4, -0.2) is 31.6 Å². The number of ketones is 1. The minimum Gasteiger partial charge on any atom is -0.416 e. The molecule has 0 aromatic carbocycles. The topological polar surface area (TPSA) is 108 Å². The summed E-state index contributed by atoms with van der Waals surface area (Å²) in [6.07, 6.45) is 0.480. The quantitative estimate of drug-likeness (QED) is 0.487. The van der Waals surface area contributed by atoms with Crippen LogP contribution >= 0.6 is 0 Å². The maximum Gasteiger partial charge on any atom is 0.308 e. The molecule has 0 saturated heterocycles. The molecule has 0 aliphatic rings. The van der Waals surface area contributed by atoms with Gasteiger partial charge in [0.25, 0.3) is 0 Å².